The van der Waals surface area contributed by atoms with Gasteiger partial charge in [-0.1, -0.05) is 54.6 Å². The summed E-state index contributed by atoms with van der Waals surface area (Å²) in [4.78, 5) is 20.2. The molecule has 0 aromatic heterocycles. The first-order valence-electron chi connectivity index (χ1n) is 8.87. The van der Waals surface area contributed by atoms with Gasteiger partial charge in [0.15, 0.2) is 0 Å². The van der Waals surface area contributed by atoms with Crippen LogP contribution in [0.2, 0.25) is 0 Å². The van der Waals surface area contributed by atoms with Crippen molar-refractivity contribution in [3.05, 3.63) is 96.6 Å². The van der Waals surface area contributed by atoms with Crippen molar-refractivity contribution in [3.8, 4) is 0 Å². The van der Waals surface area contributed by atoms with Gasteiger partial charge < -0.3 is 20.2 Å². The van der Waals surface area contributed by atoms with Crippen LogP contribution in [-0.4, -0.2) is 39.4 Å². The molecule has 0 unspecified atom stereocenters. The number of aliphatic hydroxyl groups is 2. The molecule has 0 amide bonds. The summed E-state index contributed by atoms with van der Waals surface area (Å²) in [6, 6.07) is 25.7. The monoisotopic (exact) mass is 416 g/mol. The Morgan fingerprint density at radius 3 is 1.28 bits per heavy atom. The minimum Gasteiger partial charge on any atom is -0.478 e. The summed E-state index contributed by atoms with van der Waals surface area (Å²) in [5, 5.41) is 25.1. The number of carbonyl (C=O) groups is 1. The molecule has 3 aromatic carbocycles. The maximum absolute atomic E-state index is 12.2. The minimum atomic E-state index is -3.40. The molecular formula is C22H25O6P. The average Bonchev–Trinajstić information content (AvgIpc) is 2.77. The third-order valence-corrected chi connectivity index (χ3v) is 5.55. The maximum Gasteiger partial charge on any atom is 0.335 e. The molecule has 154 valence electrons. The fourth-order valence-corrected chi connectivity index (χ4v) is 3.51. The number of aromatic carboxylic acids is 1. The lowest BCUT2D eigenvalue weighted by atomic mass is 10.2. The summed E-state index contributed by atoms with van der Waals surface area (Å²) in [5.74, 6) is -0.879. The normalized spacial score (nSPS) is 10.0. The van der Waals surface area contributed by atoms with Crippen LogP contribution in [0.5, 0.6) is 0 Å². The van der Waals surface area contributed by atoms with Gasteiger partial charge in [-0.2, -0.15) is 0 Å². The van der Waals surface area contributed by atoms with E-state index in [4.69, 9.17) is 15.3 Å². The second kappa shape index (κ2) is 13.4. The van der Waals surface area contributed by atoms with Crippen LogP contribution in [0.4, 0.5) is 0 Å². The first-order valence-corrected chi connectivity index (χ1v) is 10.5. The summed E-state index contributed by atoms with van der Waals surface area (Å²) >= 11 is 0. The van der Waals surface area contributed by atoms with Crippen LogP contribution in [-0.2, 0) is 4.57 Å². The van der Waals surface area contributed by atoms with Crippen molar-refractivity contribution < 1.29 is 29.6 Å². The van der Waals surface area contributed by atoms with Gasteiger partial charge in [0.05, 0.1) is 5.56 Å². The van der Waals surface area contributed by atoms with E-state index in [0.717, 1.165) is 0 Å². The van der Waals surface area contributed by atoms with Crippen molar-refractivity contribution in [2.45, 2.75) is 6.42 Å². The quantitative estimate of drug-likeness (QED) is 0.476. The second-order valence-corrected chi connectivity index (χ2v) is 7.90. The molecule has 0 heterocycles. The third kappa shape index (κ3) is 8.85. The van der Waals surface area contributed by atoms with Crippen molar-refractivity contribution in [2.75, 3.05) is 13.2 Å². The molecule has 6 nitrogen and oxygen atoms in total. The van der Waals surface area contributed by atoms with E-state index in [1.807, 2.05) is 12.1 Å². The van der Waals surface area contributed by atoms with Gasteiger partial charge in [0.2, 0.25) is 0 Å². The molecule has 0 aliphatic carbocycles. The lowest BCUT2D eigenvalue weighted by Crippen LogP contribution is -2.14. The van der Waals surface area contributed by atoms with Crippen molar-refractivity contribution in [1.82, 2.24) is 0 Å². The highest BCUT2D eigenvalue weighted by atomic mass is 31.2. The molecule has 0 spiro atoms. The molecule has 7 heteroatoms. The van der Waals surface area contributed by atoms with Crippen LogP contribution in [0, 0.1) is 0 Å². The summed E-state index contributed by atoms with van der Waals surface area (Å²) in [6.45, 7) is 0.188. The van der Waals surface area contributed by atoms with E-state index in [1.54, 1.807) is 78.9 Å². The van der Waals surface area contributed by atoms with Crippen LogP contribution in [0.15, 0.2) is 91.0 Å². The number of carboxylic acid groups (broad SMARTS) is 1. The first kappa shape index (κ1) is 24.3. The topological polar surface area (TPSA) is 115 Å². The number of hydrogen-bond donors (Lipinski definition) is 4. The molecule has 0 aliphatic rings. The van der Waals surface area contributed by atoms with Crippen molar-refractivity contribution in [2.24, 2.45) is 0 Å². The number of hydrogen-bond acceptors (Lipinski definition) is 4. The summed E-state index contributed by atoms with van der Waals surface area (Å²) in [7, 11) is -3.40. The van der Waals surface area contributed by atoms with E-state index in [-0.39, 0.29) is 13.2 Å². The van der Waals surface area contributed by atoms with E-state index in [1.165, 1.54) is 0 Å². The van der Waals surface area contributed by atoms with Crippen LogP contribution in [0.3, 0.4) is 0 Å². The molecule has 0 saturated carbocycles. The van der Waals surface area contributed by atoms with Crippen LogP contribution < -0.4 is 10.6 Å². The van der Waals surface area contributed by atoms with Crippen LogP contribution in [0.1, 0.15) is 16.8 Å². The summed E-state index contributed by atoms with van der Waals surface area (Å²) < 4.78 is 12.2. The predicted octanol–water partition coefficient (Wildman–Crippen LogP) is 2.65. The fraction of sp³-hybridized carbons (Fsp3) is 0.136. The highest BCUT2D eigenvalue weighted by Crippen LogP contribution is 2.37. The zero-order chi connectivity index (χ0) is 21.5. The molecule has 0 radical (unpaired) electrons. The van der Waals surface area contributed by atoms with Gasteiger partial charge in [0.25, 0.3) is 7.37 Å². The van der Waals surface area contributed by atoms with Gasteiger partial charge >= 0.3 is 5.97 Å². The van der Waals surface area contributed by atoms with E-state index in [2.05, 4.69) is 0 Å². The molecule has 0 atom stereocenters. The highest BCUT2D eigenvalue weighted by Gasteiger charge is 2.22. The second-order valence-electron chi connectivity index (χ2n) is 5.72. The van der Waals surface area contributed by atoms with Crippen LogP contribution >= 0.6 is 7.37 Å². The largest absolute Gasteiger partial charge is 0.478 e. The Kier molecular flexibility index (Phi) is 11.2. The molecule has 0 aliphatic heterocycles. The Balaban J connectivity index is 0.000000255. The number of aliphatic hydroxyl groups excluding tert-OH is 2. The summed E-state index contributed by atoms with van der Waals surface area (Å²) in [5.41, 5.74) is 0.331. The van der Waals surface area contributed by atoms with Crippen LogP contribution in [0.25, 0.3) is 0 Å². The zero-order valence-electron chi connectivity index (χ0n) is 15.8. The molecule has 3 rings (SSSR count). The molecule has 29 heavy (non-hydrogen) atoms. The van der Waals surface area contributed by atoms with Crippen molar-refractivity contribution >= 4 is 23.9 Å². The summed E-state index contributed by atoms with van der Waals surface area (Å²) in [6.07, 6.45) is 0.500. The fourth-order valence-electron chi connectivity index (χ4n) is 2.06. The Morgan fingerprint density at radius 1 is 0.690 bits per heavy atom. The lowest BCUT2D eigenvalue weighted by Gasteiger charge is -2.11. The Morgan fingerprint density at radius 2 is 1.03 bits per heavy atom. The van der Waals surface area contributed by atoms with Crippen molar-refractivity contribution in [1.29, 1.82) is 0 Å². The SMILES string of the molecule is O=C(O)c1ccccc1.O=P(O)(c1ccccc1)c1ccccc1.OCCCO. The van der Waals surface area contributed by atoms with Gasteiger partial charge in [-0.3, -0.25) is 4.57 Å². The predicted molar refractivity (Wildman–Crippen MR) is 114 cm³/mol. The molecule has 3 aromatic rings. The molecule has 0 saturated heterocycles. The molecule has 0 fully saturated rings. The zero-order valence-corrected chi connectivity index (χ0v) is 16.7. The van der Waals surface area contributed by atoms with E-state index in [9.17, 15) is 14.3 Å². The van der Waals surface area contributed by atoms with Gasteiger partial charge in [-0.15, -0.1) is 0 Å². The van der Waals surface area contributed by atoms with Gasteiger partial charge in [-0.25, -0.2) is 4.79 Å². The molecule has 0 bridgehead atoms. The van der Waals surface area contributed by atoms with Gasteiger partial charge in [0.1, 0.15) is 0 Å². The Hall–Kier alpha value is -2.76. The van der Waals surface area contributed by atoms with Gasteiger partial charge in [-0.05, 0) is 42.8 Å². The standard InChI is InChI=1S/C12H11O2P.C7H6O2.C3H8O2/c13-15(14,11-7-3-1-4-8-11)12-9-5-2-6-10-12;8-7(9)6-4-2-1-3-5-6;4-2-1-3-5/h1-10H,(H,13,14);1-5H,(H,8,9);4-5H,1-3H2. The highest BCUT2D eigenvalue weighted by molar-refractivity contribution is 7.73. The number of benzene rings is 3. The van der Waals surface area contributed by atoms with E-state index in [0.29, 0.717) is 22.6 Å². The van der Waals surface area contributed by atoms with E-state index < -0.39 is 13.3 Å². The maximum atomic E-state index is 12.2. The lowest BCUT2D eigenvalue weighted by molar-refractivity contribution is 0.0697. The first-order chi connectivity index (χ1) is 13.9. The third-order valence-electron chi connectivity index (χ3n) is 3.55. The van der Waals surface area contributed by atoms with Crippen molar-refractivity contribution in [3.63, 3.8) is 0 Å². The van der Waals surface area contributed by atoms with Gasteiger partial charge in [0, 0.05) is 23.8 Å². The molecule has 4 N–H and O–H groups in total. The Labute approximate surface area is 170 Å². The minimum absolute atomic E-state index is 0.0938. The smallest absolute Gasteiger partial charge is 0.335 e. The molecular weight excluding hydrogens is 391 g/mol. The average molecular weight is 416 g/mol. The van der Waals surface area contributed by atoms with E-state index >= 15 is 0 Å². The number of carboxylic acids is 1. The number of rotatable bonds is 5. The Bertz CT molecular complexity index is 824.